The second kappa shape index (κ2) is 6.25. The zero-order valence-electron chi connectivity index (χ0n) is 7.63. The summed E-state index contributed by atoms with van der Waals surface area (Å²) in [4.78, 5) is 0. The third kappa shape index (κ3) is 4.51. The fraction of sp³-hybridized carbons (Fsp3) is 0.400. The minimum atomic E-state index is 0. The molecule has 1 aromatic rings. The molecule has 0 bridgehead atoms. The number of aryl methyl sites for hydroxylation is 1. The monoisotopic (exact) mass is 218 g/mol. The second-order valence-electron chi connectivity index (χ2n) is 3.11. The molecule has 0 saturated heterocycles. The van der Waals surface area contributed by atoms with Gasteiger partial charge in [0.15, 0.2) is 0 Å². The van der Waals surface area contributed by atoms with E-state index in [1.807, 2.05) is 31.2 Å². The van der Waals surface area contributed by atoms with Crippen molar-refractivity contribution in [2.45, 2.75) is 25.8 Å². The van der Waals surface area contributed by atoms with Crippen LogP contribution in [0.5, 0.6) is 0 Å². The first kappa shape index (κ1) is 12.8. The SMILES string of the molecule is CC(N)CCc1ccccc1Cl.[Cl-]. The van der Waals surface area contributed by atoms with Crippen molar-refractivity contribution >= 4 is 11.6 Å². The summed E-state index contributed by atoms with van der Waals surface area (Å²) < 4.78 is 0. The van der Waals surface area contributed by atoms with Crippen LogP contribution in [0, 0.1) is 0 Å². The molecule has 1 aromatic carbocycles. The average molecular weight is 219 g/mol. The highest BCUT2D eigenvalue weighted by atomic mass is 35.5. The van der Waals surface area contributed by atoms with Crippen LogP contribution < -0.4 is 18.1 Å². The largest absolute Gasteiger partial charge is 1.00 e. The summed E-state index contributed by atoms with van der Waals surface area (Å²) in [6, 6.07) is 8.16. The maximum Gasteiger partial charge on any atom is 0.0437 e. The minimum absolute atomic E-state index is 0. The van der Waals surface area contributed by atoms with Crippen LogP contribution >= 0.6 is 11.6 Å². The van der Waals surface area contributed by atoms with Crippen LogP contribution in [-0.4, -0.2) is 6.04 Å². The Morgan fingerprint density at radius 2 is 2.00 bits per heavy atom. The van der Waals surface area contributed by atoms with Gasteiger partial charge in [-0.2, -0.15) is 0 Å². The lowest BCUT2D eigenvalue weighted by molar-refractivity contribution is -0.00000265. The standard InChI is InChI=1S/C10H14ClN.ClH/c1-8(12)6-7-9-4-2-3-5-10(9)11;/h2-5,8H,6-7,12H2,1H3;1H/p-1. The first-order valence-electron chi connectivity index (χ1n) is 4.19. The number of nitrogens with two attached hydrogens (primary N) is 1. The summed E-state index contributed by atoms with van der Waals surface area (Å²) in [6.45, 7) is 2.01. The first-order chi connectivity index (χ1) is 5.70. The van der Waals surface area contributed by atoms with Crippen LogP contribution in [-0.2, 0) is 6.42 Å². The quantitative estimate of drug-likeness (QED) is 0.737. The van der Waals surface area contributed by atoms with Gasteiger partial charge in [0.1, 0.15) is 0 Å². The molecule has 2 N–H and O–H groups in total. The highest BCUT2D eigenvalue weighted by Gasteiger charge is 2.00. The van der Waals surface area contributed by atoms with Gasteiger partial charge in [-0.1, -0.05) is 29.8 Å². The number of benzene rings is 1. The van der Waals surface area contributed by atoms with E-state index in [1.54, 1.807) is 0 Å². The van der Waals surface area contributed by atoms with E-state index in [-0.39, 0.29) is 18.4 Å². The molecule has 0 spiro atoms. The van der Waals surface area contributed by atoms with Crippen LogP contribution in [0.25, 0.3) is 0 Å². The third-order valence-corrected chi connectivity index (χ3v) is 2.20. The van der Waals surface area contributed by atoms with Gasteiger partial charge in [0.25, 0.3) is 0 Å². The zero-order valence-corrected chi connectivity index (χ0v) is 9.15. The van der Waals surface area contributed by atoms with Crippen LogP contribution in [0.15, 0.2) is 24.3 Å². The summed E-state index contributed by atoms with van der Waals surface area (Å²) in [7, 11) is 0. The summed E-state index contributed by atoms with van der Waals surface area (Å²) in [5.41, 5.74) is 6.84. The molecule has 0 saturated carbocycles. The van der Waals surface area contributed by atoms with Crippen molar-refractivity contribution in [3.63, 3.8) is 0 Å². The van der Waals surface area contributed by atoms with Crippen LogP contribution in [0.1, 0.15) is 18.9 Å². The van der Waals surface area contributed by atoms with E-state index in [1.165, 1.54) is 5.56 Å². The van der Waals surface area contributed by atoms with E-state index in [9.17, 15) is 0 Å². The van der Waals surface area contributed by atoms with E-state index < -0.39 is 0 Å². The Bertz CT molecular complexity index is 248. The summed E-state index contributed by atoms with van der Waals surface area (Å²) in [6.07, 6.45) is 1.96. The minimum Gasteiger partial charge on any atom is -1.00 e. The molecule has 1 nitrogen and oxygen atoms in total. The molecule has 1 atom stereocenters. The van der Waals surface area contributed by atoms with Crippen LogP contribution in [0.3, 0.4) is 0 Å². The number of hydrogen-bond donors (Lipinski definition) is 1. The van der Waals surface area contributed by atoms with Crippen molar-refractivity contribution in [3.8, 4) is 0 Å². The van der Waals surface area contributed by atoms with Crippen molar-refractivity contribution in [3.05, 3.63) is 34.9 Å². The molecule has 0 heterocycles. The molecule has 0 aliphatic rings. The lowest BCUT2D eigenvalue weighted by Crippen LogP contribution is -3.00. The molecule has 0 radical (unpaired) electrons. The van der Waals surface area contributed by atoms with E-state index in [0.29, 0.717) is 0 Å². The molecule has 0 amide bonds. The first-order valence-corrected chi connectivity index (χ1v) is 4.57. The molecule has 1 unspecified atom stereocenters. The maximum absolute atomic E-state index is 5.97. The number of hydrogen-bond acceptors (Lipinski definition) is 1. The van der Waals surface area contributed by atoms with E-state index in [0.717, 1.165) is 17.9 Å². The van der Waals surface area contributed by atoms with E-state index in [4.69, 9.17) is 17.3 Å². The lowest BCUT2D eigenvalue weighted by Gasteiger charge is -2.05. The Balaban J connectivity index is 0.00000144. The van der Waals surface area contributed by atoms with Crippen molar-refractivity contribution in [1.82, 2.24) is 0 Å². The van der Waals surface area contributed by atoms with Gasteiger partial charge >= 0.3 is 0 Å². The fourth-order valence-corrected chi connectivity index (χ4v) is 1.31. The maximum atomic E-state index is 5.97. The van der Waals surface area contributed by atoms with Crippen molar-refractivity contribution in [1.29, 1.82) is 0 Å². The zero-order chi connectivity index (χ0) is 8.97. The molecule has 0 fully saturated rings. The van der Waals surface area contributed by atoms with Crippen LogP contribution in [0.4, 0.5) is 0 Å². The van der Waals surface area contributed by atoms with Gasteiger partial charge in [0.2, 0.25) is 0 Å². The Kier molecular flexibility index (Phi) is 6.13. The topological polar surface area (TPSA) is 26.0 Å². The summed E-state index contributed by atoms with van der Waals surface area (Å²) in [5, 5.41) is 0.846. The van der Waals surface area contributed by atoms with Gasteiger partial charge in [-0.15, -0.1) is 0 Å². The highest BCUT2D eigenvalue weighted by molar-refractivity contribution is 6.31. The summed E-state index contributed by atoms with van der Waals surface area (Å²) in [5.74, 6) is 0. The van der Waals surface area contributed by atoms with Gasteiger partial charge in [-0.3, -0.25) is 0 Å². The van der Waals surface area contributed by atoms with E-state index >= 15 is 0 Å². The van der Waals surface area contributed by atoms with Crippen LogP contribution in [0.2, 0.25) is 5.02 Å². The molecular formula is C10H14Cl2N-. The number of rotatable bonds is 3. The second-order valence-corrected chi connectivity index (χ2v) is 3.51. The normalized spacial score (nSPS) is 11.9. The van der Waals surface area contributed by atoms with Gasteiger partial charge < -0.3 is 18.1 Å². The Labute approximate surface area is 90.7 Å². The molecule has 0 aromatic heterocycles. The molecule has 1 rings (SSSR count). The molecule has 0 aliphatic heterocycles. The smallest absolute Gasteiger partial charge is 0.0437 e. The van der Waals surface area contributed by atoms with Gasteiger partial charge in [-0.25, -0.2) is 0 Å². The van der Waals surface area contributed by atoms with Crippen molar-refractivity contribution in [2.24, 2.45) is 5.73 Å². The predicted octanol–water partition coefficient (Wildman–Crippen LogP) is -0.376. The Morgan fingerprint density at radius 3 is 2.54 bits per heavy atom. The Hall–Kier alpha value is -0.240. The van der Waals surface area contributed by atoms with Gasteiger partial charge in [0, 0.05) is 11.1 Å². The molecular weight excluding hydrogens is 205 g/mol. The van der Waals surface area contributed by atoms with Gasteiger partial charge in [-0.05, 0) is 31.4 Å². The van der Waals surface area contributed by atoms with Crippen molar-refractivity contribution in [2.75, 3.05) is 0 Å². The summed E-state index contributed by atoms with van der Waals surface area (Å²) >= 11 is 5.97. The average Bonchev–Trinajstić information content (AvgIpc) is 2.03. The molecule has 0 aliphatic carbocycles. The molecule has 13 heavy (non-hydrogen) atoms. The van der Waals surface area contributed by atoms with E-state index in [2.05, 4.69) is 0 Å². The van der Waals surface area contributed by atoms with Crippen molar-refractivity contribution < 1.29 is 12.4 Å². The number of halogens is 2. The lowest BCUT2D eigenvalue weighted by atomic mass is 10.1. The molecule has 74 valence electrons. The Morgan fingerprint density at radius 1 is 1.38 bits per heavy atom. The third-order valence-electron chi connectivity index (χ3n) is 1.83. The molecule has 3 heteroatoms. The highest BCUT2D eigenvalue weighted by Crippen LogP contribution is 2.16. The van der Waals surface area contributed by atoms with Gasteiger partial charge in [0.05, 0.1) is 0 Å². The fourth-order valence-electron chi connectivity index (χ4n) is 1.08. The predicted molar refractivity (Wildman–Crippen MR) is 53.4 cm³/mol.